The van der Waals surface area contributed by atoms with Gasteiger partial charge in [0.05, 0.1) is 13.1 Å². The van der Waals surface area contributed by atoms with E-state index in [0.717, 1.165) is 56.7 Å². The molecule has 0 unspecified atom stereocenters. The molecule has 18 heavy (non-hydrogen) atoms. The lowest BCUT2D eigenvalue weighted by Crippen LogP contribution is -2.48. The maximum Gasteiger partial charge on any atom is 0.141 e. The predicted octanol–water partition coefficient (Wildman–Crippen LogP) is 2.21. The molecule has 0 radical (unpaired) electrons. The average Bonchev–Trinajstić information content (AvgIpc) is 2.41. The van der Waals surface area contributed by atoms with Crippen molar-refractivity contribution >= 4 is 0 Å². The van der Waals surface area contributed by atoms with Crippen LogP contribution in [0.25, 0.3) is 0 Å². The summed E-state index contributed by atoms with van der Waals surface area (Å²) in [6.07, 6.45) is 6.41. The Morgan fingerprint density at radius 3 is 2.00 bits per heavy atom. The maximum absolute atomic E-state index is 5.45. The van der Waals surface area contributed by atoms with Crippen molar-refractivity contribution in [1.82, 2.24) is 4.90 Å². The van der Waals surface area contributed by atoms with Gasteiger partial charge in [0.1, 0.15) is 13.1 Å². The molecule has 0 aliphatic carbocycles. The normalized spacial score (nSPS) is 10.9. The number of hydrogen-bond acceptors (Lipinski definition) is 1. The van der Waals surface area contributed by atoms with Crippen LogP contribution in [-0.2, 0) is 0 Å². The van der Waals surface area contributed by atoms with Crippen LogP contribution in [0, 0.1) is 24.2 Å². The van der Waals surface area contributed by atoms with Crippen molar-refractivity contribution in [1.29, 1.82) is 0 Å². The van der Waals surface area contributed by atoms with Crippen LogP contribution in [0.4, 0.5) is 0 Å². The van der Waals surface area contributed by atoms with E-state index in [1.54, 1.807) is 0 Å². The van der Waals surface area contributed by atoms with Gasteiger partial charge < -0.3 is 9.38 Å². The summed E-state index contributed by atoms with van der Waals surface area (Å²) in [5, 5.41) is 0. The zero-order valence-electron chi connectivity index (χ0n) is 12.6. The Morgan fingerprint density at radius 2 is 1.56 bits per heavy atom. The summed E-state index contributed by atoms with van der Waals surface area (Å²) >= 11 is 0. The summed E-state index contributed by atoms with van der Waals surface area (Å²) in [7, 11) is 0. The van der Waals surface area contributed by atoms with Gasteiger partial charge in [-0.2, -0.15) is 0 Å². The number of terminal acetylenes is 1. The molecule has 102 valence electrons. The molecular weight excluding hydrogens is 220 g/mol. The highest BCUT2D eigenvalue weighted by Gasteiger charge is 2.19. The molecule has 0 bridgehead atoms. The molecule has 0 saturated carbocycles. The second-order valence-corrected chi connectivity index (χ2v) is 4.62. The number of quaternary nitrogens is 1. The van der Waals surface area contributed by atoms with Crippen LogP contribution < -0.4 is 0 Å². The van der Waals surface area contributed by atoms with Crippen LogP contribution >= 0.6 is 0 Å². The Morgan fingerprint density at radius 1 is 0.944 bits per heavy atom. The van der Waals surface area contributed by atoms with Crippen molar-refractivity contribution in [3.8, 4) is 24.2 Å². The number of nitrogens with zero attached hydrogens (tertiary/aromatic N) is 2. The molecule has 0 aromatic rings. The molecule has 0 fully saturated rings. The Kier molecular flexibility index (Phi) is 9.47. The molecule has 2 heteroatoms. The molecule has 0 saturated heterocycles. The molecule has 0 N–H and O–H groups in total. The van der Waals surface area contributed by atoms with E-state index in [0.29, 0.717) is 0 Å². The molecule has 0 aromatic carbocycles. The van der Waals surface area contributed by atoms with Gasteiger partial charge in [-0.3, -0.25) is 0 Å². The van der Waals surface area contributed by atoms with Gasteiger partial charge in [-0.25, -0.2) is 0 Å². The molecule has 0 amide bonds. The third kappa shape index (κ3) is 6.10. The number of hydrogen-bond donors (Lipinski definition) is 0. The quantitative estimate of drug-likeness (QED) is 0.471. The van der Waals surface area contributed by atoms with Crippen LogP contribution in [0.3, 0.4) is 0 Å². The molecule has 0 aromatic heterocycles. The first-order valence-electron chi connectivity index (χ1n) is 7.14. The van der Waals surface area contributed by atoms with E-state index in [1.807, 2.05) is 0 Å². The highest BCUT2D eigenvalue weighted by Crippen LogP contribution is 2.04. The van der Waals surface area contributed by atoms with Gasteiger partial charge in [0, 0.05) is 13.0 Å². The van der Waals surface area contributed by atoms with Crippen molar-refractivity contribution in [2.24, 2.45) is 0 Å². The third-order valence-electron chi connectivity index (χ3n) is 3.76. The third-order valence-corrected chi connectivity index (χ3v) is 3.76. The summed E-state index contributed by atoms with van der Waals surface area (Å²) in [5.41, 5.74) is 0. The Balaban J connectivity index is 4.17. The van der Waals surface area contributed by atoms with Gasteiger partial charge in [0.2, 0.25) is 0 Å². The molecule has 0 aliphatic heterocycles. The first-order valence-corrected chi connectivity index (χ1v) is 7.14. The minimum atomic E-state index is 0.789. The molecule has 0 spiro atoms. The van der Waals surface area contributed by atoms with E-state index in [1.165, 1.54) is 0 Å². The van der Waals surface area contributed by atoms with Crippen molar-refractivity contribution in [2.45, 2.75) is 34.1 Å². The predicted molar refractivity (Wildman–Crippen MR) is 80.1 cm³/mol. The van der Waals surface area contributed by atoms with E-state index in [2.05, 4.69) is 50.4 Å². The lowest BCUT2D eigenvalue weighted by Gasteiger charge is -2.32. The lowest BCUT2D eigenvalue weighted by molar-refractivity contribution is -0.911. The maximum atomic E-state index is 5.45. The Hall–Kier alpha value is -0.960. The van der Waals surface area contributed by atoms with E-state index in [-0.39, 0.29) is 0 Å². The van der Waals surface area contributed by atoms with Gasteiger partial charge in [-0.15, -0.1) is 6.42 Å². The van der Waals surface area contributed by atoms with E-state index < -0.39 is 0 Å². The van der Waals surface area contributed by atoms with Crippen LogP contribution in [0.2, 0.25) is 0 Å². The molecule has 0 aliphatic rings. The van der Waals surface area contributed by atoms with E-state index in [9.17, 15) is 0 Å². The standard InChI is InChI=1S/C16H29N2/c1-6-15-18(9-4,10-5)16-13-11-12-14-17(7-2)8-3/h1H,7-10,12,14-16H2,2-5H3/q+1. The highest BCUT2D eigenvalue weighted by molar-refractivity contribution is 5.00. The first kappa shape index (κ1) is 17.0. The fourth-order valence-electron chi connectivity index (χ4n) is 1.99. The fraction of sp³-hybridized carbons (Fsp3) is 0.750. The van der Waals surface area contributed by atoms with E-state index >= 15 is 0 Å². The van der Waals surface area contributed by atoms with Crippen molar-refractivity contribution < 1.29 is 4.48 Å². The van der Waals surface area contributed by atoms with Gasteiger partial charge in [-0.05, 0) is 38.8 Å². The zero-order chi connectivity index (χ0) is 13.9. The Labute approximate surface area is 114 Å². The molecule has 0 atom stereocenters. The summed E-state index contributed by atoms with van der Waals surface area (Å²) in [4.78, 5) is 2.40. The van der Waals surface area contributed by atoms with Crippen LogP contribution in [0.1, 0.15) is 34.1 Å². The van der Waals surface area contributed by atoms with Crippen molar-refractivity contribution in [2.75, 3.05) is 45.8 Å². The SMILES string of the molecule is C#CC[N+](CC)(CC)CC#CCCN(CC)CC. The molecule has 2 nitrogen and oxygen atoms in total. The first-order chi connectivity index (χ1) is 8.67. The average molecular weight is 249 g/mol. The van der Waals surface area contributed by atoms with Crippen LogP contribution in [0.5, 0.6) is 0 Å². The highest BCUT2D eigenvalue weighted by atomic mass is 15.3. The largest absolute Gasteiger partial charge is 0.304 e. The van der Waals surface area contributed by atoms with Crippen molar-refractivity contribution in [3.63, 3.8) is 0 Å². The zero-order valence-corrected chi connectivity index (χ0v) is 12.6. The second-order valence-electron chi connectivity index (χ2n) is 4.62. The summed E-state index contributed by atoms with van der Waals surface area (Å²) in [5.74, 6) is 9.39. The monoisotopic (exact) mass is 249 g/mol. The number of rotatable bonds is 8. The van der Waals surface area contributed by atoms with E-state index in [4.69, 9.17) is 6.42 Å². The fourth-order valence-corrected chi connectivity index (χ4v) is 1.99. The summed E-state index contributed by atoms with van der Waals surface area (Å²) in [6, 6.07) is 0. The molecule has 0 rings (SSSR count). The smallest absolute Gasteiger partial charge is 0.141 e. The van der Waals surface area contributed by atoms with Gasteiger partial charge in [0.25, 0.3) is 0 Å². The summed E-state index contributed by atoms with van der Waals surface area (Å²) in [6.45, 7) is 15.9. The van der Waals surface area contributed by atoms with Gasteiger partial charge in [0.15, 0.2) is 0 Å². The summed E-state index contributed by atoms with van der Waals surface area (Å²) < 4.78 is 0.925. The molecule has 0 heterocycles. The van der Waals surface area contributed by atoms with Gasteiger partial charge in [-0.1, -0.05) is 19.8 Å². The Bertz CT molecular complexity index is 295. The minimum absolute atomic E-state index is 0.789. The second kappa shape index (κ2) is 10.0. The van der Waals surface area contributed by atoms with Gasteiger partial charge >= 0.3 is 0 Å². The lowest BCUT2D eigenvalue weighted by atomic mass is 10.3. The van der Waals surface area contributed by atoms with Crippen LogP contribution in [0.15, 0.2) is 0 Å². The van der Waals surface area contributed by atoms with Crippen molar-refractivity contribution in [3.05, 3.63) is 0 Å². The topological polar surface area (TPSA) is 3.24 Å². The van der Waals surface area contributed by atoms with Crippen LogP contribution in [-0.4, -0.2) is 55.2 Å². The molecular formula is C16H29N2+. The minimum Gasteiger partial charge on any atom is -0.304 e.